The number of hydrogen-bond acceptors (Lipinski definition) is 3. The Morgan fingerprint density at radius 2 is 2.33 bits per heavy atom. The first-order valence-electron chi connectivity index (χ1n) is 5.20. The van der Waals surface area contributed by atoms with Gasteiger partial charge in [0.1, 0.15) is 6.61 Å². The van der Waals surface area contributed by atoms with Crippen LogP contribution in [0.25, 0.3) is 0 Å². The summed E-state index contributed by atoms with van der Waals surface area (Å²) >= 11 is 0. The van der Waals surface area contributed by atoms with Crippen molar-refractivity contribution in [3.8, 4) is 0 Å². The summed E-state index contributed by atoms with van der Waals surface area (Å²) in [5, 5.41) is 0. The van der Waals surface area contributed by atoms with Crippen LogP contribution in [0, 0.1) is 0 Å². The molecule has 0 spiro atoms. The molecular weight excluding hydrogens is 190 g/mol. The molecule has 0 aliphatic carbocycles. The van der Waals surface area contributed by atoms with Crippen molar-refractivity contribution in [2.45, 2.75) is 32.8 Å². The molecule has 1 aromatic heterocycles. The van der Waals surface area contributed by atoms with Gasteiger partial charge >= 0.3 is 0 Å². The lowest BCUT2D eigenvalue weighted by Gasteiger charge is -2.06. The number of pyridine rings is 1. The summed E-state index contributed by atoms with van der Waals surface area (Å²) in [5.41, 5.74) is 1.09. The van der Waals surface area contributed by atoms with E-state index in [1.807, 2.05) is 26.0 Å². The van der Waals surface area contributed by atoms with Crippen LogP contribution in [0.2, 0.25) is 0 Å². The van der Waals surface area contributed by atoms with E-state index < -0.39 is 0 Å². The van der Waals surface area contributed by atoms with Crippen LogP contribution in [0.3, 0.4) is 0 Å². The zero-order valence-electron chi connectivity index (χ0n) is 9.27. The number of carbonyl (C=O) groups is 1. The van der Waals surface area contributed by atoms with Gasteiger partial charge < -0.3 is 4.74 Å². The third kappa shape index (κ3) is 5.27. The highest BCUT2D eigenvalue weighted by molar-refractivity contribution is 5.79. The molecule has 0 radical (unpaired) electrons. The van der Waals surface area contributed by atoms with E-state index in [4.69, 9.17) is 4.74 Å². The van der Waals surface area contributed by atoms with Crippen molar-refractivity contribution in [2.75, 3.05) is 6.61 Å². The monoisotopic (exact) mass is 207 g/mol. The lowest BCUT2D eigenvalue weighted by Crippen LogP contribution is -2.13. The predicted octanol–water partition coefficient (Wildman–Crippen LogP) is 2.01. The Bertz CT molecular complexity index is 296. The van der Waals surface area contributed by atoms with Gasteiger partial charge in [-0.05, 0) is 31.9 Å². The van der Waals surface area contributed by atoms with Crippen LogP contribution >= 0.6 is 0 Å². The molecule has 3 nitrogen and oxygen atoms in total. The number of carbonyl (C=O) groups excluding carboxylic acids is 1. The molecule has 0 bridgehead atoms. The average Bonchev–Trinajstić information content (AvgIpc) is 2.25. The van der Waals surface area contributed by atoms with Crippen LogP contribution in [0.15, 0.2) is 24.5 Å². The molecule has 3 heteroatoms. The molecule has 82 valence electrons. The number of aromatic nitrogens is 1. The predicted molar refractivity (Wildman–Crippen MR) is 58.7 cm³/mol. The quantitative estimate of drug-likeness (QED) is 0.716. The maximum atomic E-state index is 11.4. The fraction of sp³-hybridized carbons (Fsp3) is 0.500. The second kappa shape index (κ2) is 6.30. The molecule has 0 aliphatic heterocycles. The van der Waals surface area contributed by atoms with Gasteiger partial charge in [0.05, 0.1) is 6.10 Å². The summed E-state index contributed by atoms with van der Waals surface area (Å²) in [6.45, 7) is 4.07. The Balaban J connectivity index is 2.23. The summed E-state index contributed by atoms with van der Waals surface area (Å²) in [5.74, 6) is 0.146. The Morgan fingerprint density at radius 1 is 1.53 bits per heavy atom. The SMILES string of the molecule is CC(C)OCC(=O)CCc1cccnc1. The van der Waals surface area contributed by atoms with Crippen molar-refractivity contribution in [3.63, 3.8) is 0 Å². The van der Waals surface area contributed by atoms with E-state index in [2.05, 4.69) is 4.98 Å². The van der Waals surface area contributed by atoms with Gasteiger partial charge in [-0.2, -0.15) is 0 Å². The van der Waals surface area contributed by atoms with Gasteiger partial charge in [-0.1, -0.05) is 6.07 Å². The van der Waals surface area contributed by atoms with Crippen LogP contribution in [0.5, 0.6) is 0 Å². The number of rotatable bonds is 6. The number of aryl methyl sites for hydroxylation is 1. The van der Waals surface area contributed by atoms with Crippen molar-refractivity contribution in [3.05, 3.63) is 30.1 Å². The van der Waals surface area contributed by atoms with E-state index in [0.717, 1.165) is 12.0 Å². The molecule has 0 N–H and O–H groups in total. The number of ether oxygens (including phenoxy) is 1. The van der Waals surface area contributed by atoms with Gasteiger partial charge in [-0.15, -0.1) is 0 Å². The van der Waals surface area contributed by atoms with Crippen LogP contribution < -0.4 is 0 Å². The Kier molecular flexibility index (Phi) is 4.98. The number of Topliss-reactive ketones (excluding diaryl/α,β-unsaturated/α-hetero) is 1. The molecule has 0 fully saturated rings. The topological polar surface area (TPSA) is 39.2 Å². The maximum absolute atomic E-state index is 11.4. The first-order chi connectivity index (χ1) is 7.18. The summed E-state index contributed by atoms with van der Waals surface area (Å²) in [4.78, 5) is 15.4. The number of ketones is 1. The van der Waals surface area contributed by atoms with Crippen LogP contribution in [-0.4, -0.2) is 23.5 Å². The van der Waals surface area contributed by atoms with Crippen molar-refractivity contribution >= 4 is 5.78 Å². The highest BCUT2D eigenvalue weighted by atomic mass is 16.5. The maximum Gasteiger partial charge on any atom is 0.158 e. The van der Waals surface area contributed by atoms with Gasteiger partial charge in [0.2, 0.25) is 0 Å². The standard InChI is InChI=1S/C12H17NO2/c1-10(2)15-9-12(14)6-5-11-4-3-7-13-8-11/h3-4,7-8,10H,5-6,9H2,1-2H3. The molecule has 0 atom stereocenters. The smallest absolute Gasteiger partial charge is 0.158 e. The molecule has 1 heterocycles. The first kappa shape index (κ1) is 11.9. The number of hydrogen-bond donors (Lipinski definition) is 0. The van der Waals surface area contributed by atoms with Crippen LogP contribution in [0.1, 0.15) is 25.8 Å². The highest BCUT2D eigenvalue weighted by Gasteiger charge is 2.04. The number of nitrogens with zero attached hydrogens (tertiary/aromatic N) is 1. The van der Waals surface area contributed by atoms with E-state index >= 15 is 0 Å². The van der Waals surface area contributed by atoms with Crippen LogP contribution in [-0.2, 0) is 16.0 Å². The molecule has 1 aromatic rings. The van der Waals surface area contributed by atoms with Gasteiger partial charge in [-0.25, -0.2) is 0 Å². The van der Waals surface area contributed by atoms with Crippen molar-refractivity contribution < 1.29 is 9.53 Å². The van der Waals surface area contributed by atoms with Crippen molar-refractivity contribution in [1.29, 1.82) is 0 Å². The van der Waals surface area contributed by atoms with Gasteiger partial charge in [-0.3, -0.25) is 9.78 Å². The molecular formula is C12H17NO2. The average molecular weight is 207 g/mol. The Labute approximate surface area is 90.5 Å². The summed E-state index contributed by atoms with van der Waals surface area (Å²) in [6.07, 6.45) is 4.91. The fourth-order valence-electron chi connectivity index (χ4n) is 1.16. The minimum atomic E-state index is 0.118. The second-order valence-electron chi connectivity index (χ2n) is 3.76. The van der Waals surface area contributed by atoms with E-state index in [0.29, 0.717) is 6.42 Å². The zero-order chi connectivity index (χ0) is 11.1. The van der Waals surface area contributed by atoms with Gasteiger partial charge in [0, 0.05) is 18.8 Å². The second-order valence-corrected chi connectivity index (χ2v) is 3.76. The van der Waals surface area contributed by atoms with Crippen LogP contribution in [0.4, 0.5) is 0 Å². The zero-order valence-corrected chi connectivity index (χ0v) is 9.27. The fourth-order valence-corrected chi connectivity index (χ4v) is 1.16. The third-order valence-electron chi connectivity index (χ3n) is 1.99. The van der Waals surface area contributed by atoms with Gasteiger partial charge in [0.15, 0.2) is 5.78 Å². The summed E-state index contributed by atoms with van der Waals surface area (Å²) in [7, 11) is 0. The molecule has 15 heavy (non-hydrogen) atoms. The van der Waals surface area contributed by atoms with Crippen molar-refractivity contribution in [1.82, 2.24) is 4.98 Å². The minimum absolute atomic E-state index is 0.118. The van der Waals surface area contributed by atoms with E-state index in [-0.39, 0.29) is 18.5 Å². The Hall–Kier alpha value is -1.22. The first-order valence-corrected chi connectivity index (χ1v) is 5.20. The Morgan fingerprint density at radius 3 is 2.93 bits per heavy atom. The normalized spacial score (nSPS) is 10.6. The molecule has 0 saturated carbocycles. The largest absolute Gasteiger partial charge is 0.371 e. The molecule has 1 rings (SSSR count). The molecule has 0 amide bonds. The third-order valence-corrected chi connectivity index (χ3v) is 1.99. The molecule has 0 aromatic carbocycles. The highest BCUT2D eigenvalue weighted by Crippen LogP contribution is 2.01. The molecule has 0 saturated heterocycles. The summed E-state index contributed by atoms with van der Waals surface area (Å²) < 4.78 is 5.23. The molecule has 0 unspecified atom stereocenters. The minimum Gasteiger partial charge on any atom is -0.371 e. The molecule has 0 aliphatic rings. The van der Waals surface area contributed by atoms with E-state index in [9.17, 15) is 4.79 Å². The lowest BCUT2D eigenvalue weighted by atomic mass is 10.1. The summed E-state index contributed by atoms with van der Waals surface area (Å²) in [6, 6.07) is 3.86. The van der Waals surface area contributed by atoms with Crippen molar-refractivity contribution in [2.24, 2.45) is 0 Å². The van der Waals surface area contributed by atoms with E-state index in [1.54, 1.807) is 12.4 Å². The van der Waals surface area contributed by atoms with E-state index in [1.165, 1.54) is 0 Å². The van der Waals surface area contributed by atoms with Gasteiger partial charge in [0.25, 0.3) is 0 Å². The lowest BCUT2D eigenvalue weighted by molar-refractivity contribution is -0.124.